The fraction of sp³-hybridized carbons (Fsp3) is 0.375. The molecule has 0 aliphatic carbocycles. The Balaban J connectivity index is 2.54. The van der Waals surface area contributed by atoms with Gasteiger partial charge in [0.1, 0.15) is 5.76 Å². The van der Waals surface area contributed by atoms with Crippen LogP contribution >= 0.6 is 35.7 Å². The molecule has 0 amide bonds. The second-order valence-electron chi connectivity index (χ2n) is 2.38. The first-order chi connectivity index (χ1) is 5.74. The summed E-state index contributed by atoms with van der Waals surface area (Å²) in [6, 6.07) is 3.89. The van der Waals surface area contributed by atoms with Crippen LogP contribution in [0.15, 0.2) is 22.8 Å². The molecule has 1 nitrogen and oxygen atoms in total. The van der Waals surface area contributed by atoms with Gasteiger partial charge in [0.05, 0.1) is 9.79 Å². The molecule has 1 atom stereocenters. The van der Waals surface area contributed by atoms with E-state index in [0.29, 0.717) is 0 Å². The SMILES string of the molecule is CC[SH](Cc1ccco1)C(=S)S. The zero-order valence-electron chi connectivity index (χ0n) is 6.86. The quantitative estimate of drug-likeness (QED) is 0.600. The molecule has 0 aliphatic rings. The number of thiocarbonyl (C=S) groups is 1. The summed E-state index contributed by atoms with van der Waals surface area (Å²) in [5, 5.41) is 0. The Labute approximate surface area is 86.3 Å². The van der Waals surface area contributed by atoms with Crippen molar-refractivity contribution in [3.8, 4) is 0 Å². The normalized spacial score (nSPS) is 14.3. The van der Waals surface area contributed by atoms with Crippen LogP contribution in [-0.4, -0.2) is 9.28 Å². The smallest absolute Gasteiger partial charge is 0.112 e. The predicted molar refractivity (Wildman–Crippen MR) is 63.5 cm³/mol. The third-order valence-corrected chi connectivity index (χ3v) is 5.20. The van der Waals surface area contributed by atoms with Crippen LogP contribution in [0.25, 0.3) is 0 Å². The van der Waals surface area contributed by atoms with Gasteiger partial charge < -0.3 is 4.42 Å². The van der Waals surface area contributed by atoms with E-state index < -0.39 is 0 Å². The van der Waals surface area contributed by atoms with Crippen LogP contribution in [-0.2, 0) is 5.75 Å². The molecule has 0 aromatic carbocycles. The monoisotopic (exact) mass is 220 g/mol. The standard InChI is InChI=1S/C8H12OS3/c1-2-12(8(10)11)6-7-4-3-5-9-7/h3-5,12H,2,6H2,1H3,(H,10,11). The Kier molecular flexibility index (Phi) is 4.18. The minimum absolute atomic E-state index is 0.266. The third-order valence-electron chi connectivity index (χ3n) is 1.58. The van der Waals surface area contributed by atoms with Crippen molar-refractivity contribution in [2.75, 3.05) is 5.75 Å². The lowest BCUT2D eigenvalue weighted by atomic mass is 10.5. The lowest BCUT2D eigenvalue weighted by Gasteiger charge is -2.15. The minimum Gasteiger partial charge on any atom is -0.469 e. The predicted octanol–water partition coefficient (Wildman–Crippen LogP) is 3.02. The van der Waals surface area contributed by atoms with Crippen LogP contribution in [0.2, 0.25) is 0 Å². The fourth-order valence-corrected chi connectivity index (χ4v) is 3.31. The van der Waals surface area contributed by atoms with Crippen LogP contribution in [0.3, 0.4) is 0 Å². The molecular formula is C8H12OS3. The van der Waals surface area contributed by atoms with Crippen LogP contribution in [0.5, 0.6) is 0 Å². The largest absolute Gasteiger partial charge is 0.469 e. The van der Waals surface area contributed by atoms with E-state index >= 15 is 0 Å². The Bertz CT molecular complexity index is 243. The molecule has 68 valence electrons. The van der Waals surface area contributed by atoms with E-state index in [1.807, 2.05) is 12.1 Å². The van der Waals surface area contributed by atoms with Gasteiger partial charge in [-0.2, -0.15) is 0 Å². The first-order valence-electron chi connectivity index (χ1n) is 3.74. The maximum absolute atomic E-state index is 5.24. The highest BCUT2D eigenvalue weighted by molar-refractivity contribution is 8.49. The van der Waals surface area contributed by atoms with Gasteiger partial charge in [-0.1, -0.05) is 19.1 Å². The molecule has 1 aromatic rings. The molecule has 0 saturated heterocycles. The van der Waals surface area contributed by atoms with Gasteiger partial charge in [0, 0.05) is 5.75 Å². The van der Waals surface area contributed by atoms with Gasteiger partial charge in [-0.3, -0.25) is 0 Å². The van der Waals surface area contributed by atoms with E-state index in [0.717, 1.165) is 20.8 Å². The Morgan fingerprint density at radius 1 is 1.75 bits per heavy atom. The third kappa shape index (κ3) is 2.84. The highest BCUT2D eigenvalue weighted by atomic mass is 32.3. The summed E-state index contributed by atoms with van der Waals surface area (Å²) in [7, 11) is -0.266. The van der Waals surface area contributed by atoms with Crippen molar-refractivity contribution in [2.45, 2.75) is 12.7 Å². The second-order valence-corrected chi connectivity index (χ2v) is 6.67. The van der Waals surface area contributed by atoms with Gasteiger partial charge in [0.15, 0.2) is 0 Å². The molecule has 0 aliphatic heterocycles. The number of rotatable bonds is 3. The second kappa shape index (κ2) is 4.94. The number of hydrogen-bond acceptors (Lipinski definition) is 2. The highest BCUT2D eigenvalue weighted by Gasteiger charge is 2.06. The molecule has 4 heteroatoms. The van der Waals surface area contributed by atoms with Crippen molar-refractivity contribution in [1.29, 1.82) is 0 Å². The zero-order chi connectivity index (χ0) is 8.97. The summed E-state index contributed by atoms with van der Waals surface area (Å²) in [6.07, 6.45) is 1.69. The van der Waals surface area contributed by atoms with Gasteiger partial charge in [-0.05, 0) is 17.9 Å². The van der Waals surface area contributed by atoms with E-state index in [-0.39, 0.29) is 10.9 Å². The summed E-state index contributed by atoms with van der Waals surface area (Å²) < 4.78 is 6.08. The fourth-order valence-electron chi connectivity index (χ4n) is 0.905. The summed E-state index contributed by atoms with van der Waals surface area (Å²) in [6.45, 7) is 2.14. The zero-order valence-corrected chi connectivity index (χ0v) is 9.46. The van der Waals surface area contributed by atoms with Gasteiger partial charge in [0.25, 0.3) is 0 Å². The maximum atomic E-state index is 5.24. The van der Waals surface area contributed by atoms with E-state index in [1.165, 1.54) is 0 Å². The topological polar surface area (TPSA) is 13.1 Å². The number of hydrogen-bond donors (Lipinski definition) is 2. The molecule has 0 saturated carbocycles. The molecular weight excluding hydrogens is 208 g/mol. The average Bonchev–Trinajstić information content (AvgIpc) is 2.51. The molecule has 12 heavy (non-hydrogen) atoms. The van der Waals surface area contributed by atoms with Gasteiger partial charge in [-0.25, -0.2) is 10.9 Å². The minimum atomic E-state index is -0.266. The molecule has 0 bridgehead atoms. The van der Waals surface area contributed by atoms with Gasteiger partial charge >= 0.3 is 0 Å². The van der Waals surface area contributed by atoms with Crippen molar-refractivity contribution in [3.05, 3.63) is 24.2 Å². The first-order valence-corrected chi connectivity index (χ1v) is 6.31. The number of thiol groups is 2. The van der Waals surface area contributed by atoms with E-state index in [1.54, 1.807) is 6.26 Å². The number of furan rings is 1. The Morgan fingerprint density at radius 2 is 2.50 bits per heavy atom. The Morgan fingerprint density at radius 3 is 2.92 bits per heavy atom. The van der Waals surface area contributed by atoms with Gasteiger partial charge in [0.2, 0.25) is 0 Å². The average molecular weight is 220 g/mol. The van der Waals surface area contributed by atoms with Crippen LogP contribution < -0.4 is 0 Å². The lowest BCUT2D eigenvalue weighted by Crippen LogP contribution is -1.94. The molecule has 0 radical (unpaired) electrons. The van der Waals surface area contributed by atoms with Crippen molar-refractivity contribution < 1.29 is 4.42 Å². The molecule has 0 N–H and O–H groups in total. The summed E-state index contributed by atoms with van der Waals surface area (Å²) in [4.78, 5) is 0. The maximum Gasteiger partial charge on any atom is 0.112 e. The summed E-state index contributed by atoms with van der Waals surface area (Å²) in [5.41, 5.74) is 0. The summed E-state index contributed by atoms with van der Waals surface area (Å²) >= 11 is 9.24. The van der Waals surface area contributed by atoms with Crippen molar-refractivity contribution in [3.63, 3.8) is 0 Å². The molecule has 1 rings (SSSR count). The summed E-state index contributed by atoms with van der Waals surface area (Å²) in [5.74, 6) is 3.03. The van der Waals surface area contributed by atoms with Crippen LogP contribution in [0.4, 0.5) is 0 Å². The van der Waals surface area contributed by atoms with E-state index in [4.69, 9.17) is 16.6 Å². The van der Waals surface area contributed by atoms with Crippen LogP contribution in [0, 0.1) is 0 Å². The first kappa shape index (κ1) is 10.2. The van der Waals surface area contributed by atoms with E-state index in [9.17, 15) is 0 Å². The highest BCUT2D eigenvalue weighted by Crippen LogP contribution is 2.33. The van der Waals surface area contributed by atoms with Gasteiger partial charge in [-0.15, -0.1) is 12.6 Å². The van der Waals surface area contributed by atoms with Crippen molar-refractivity contribution in [1.82, 2.24) is 0 Å². The molecule has 1 heterocycles. The van der Waals surface area contributed by atoms with Crippen LogP contribution in [0.1, 0.15) is 12.7 Å². The molecule has 1 unspecified atom stereocenters. The molecule has 0 fully saturated rings. The van der Waals surface area contributed by atoms with Crippen molar-refractivity contribution >= 4 is 39.3 Å². The molecule has 0 spiro atoms. The molecule has 1 aromatic heterocycles. The Hall–Kier alpha value is 0.0700. The lowest BCUT2D eigenvalue weighted by molar-refractivity contribution is 0.530. The van der Waals surface area contributed by atoms with E-state index in [2.05, 4.69) is 19.6 Å². The van der Waals surface area contributed by atoms with Crippen molar-refractivity contribution in [2.24, 2.45) is 0 Å².